The maximum atomic E-state index is 12.4. The Kier molecular flexibility index (Phi) is 3.63. The Labute approximate surface area is 124 Å². The minimum atomic E-state index is 0.157. The molecule has 5 heteroatoms. The molecule has 0 radical (unpaired) electrons. The SMILES string of the molecule is CN1CCN(C(=O)Cn2ccc3cc(C#N)ccc32)CC1. The Hall–Kier alpha value is -2.32. The van der Waals surface area contributed by atoms with E-state index in [1.165, 1.54) is 0 Å². The summed E-state index contributed by atoms with van der Waals surface area (Å²) in [7, 11) is 2.08. The molecule has 1 aromatic heterocycles. The van der Waals surface area contributed by atoms with E-state index in [4.69, 9.17) is 5.26 Å². The summed E-state index contributed by atoms with van der Waals surface area (Å²) in [5.74, 6) is 0.157. The summed E-state index contributed by atoms with van der Waals surface area (Å²) in [5.41, 5.74) is 1.64. The van der Waals surface area contributed by atoms with Crippen molar-refractivity contribution >= 4 is 16.8 Å². The van der Waals surface area contributed by atoms with E-state index in [0.29, 0.717) is 12.1 Å². The Balaban J connectivity index is 1.76. The molecule has 108 valence electrons. The summed E-state index contributed by atoms with van der Waals surface area (Å²) in [6.45, 7) is 3.83. The number of benzene rings is 1. The van der Waals surface area contributed by atoms with E-state index < -0.39 is 0 Å². The van der Waals surface area contributed by atoms with Crippen LogP contribution in [0.4, 0.5) is 0 Å². The number of nitrogens with zero attached hydrogens (tertiary/aromatic N) is 4. The molecule has 0 spiro atoms. The third-order valence-corrected chi connectivity index (χ3v) is 4.06. The van der Waals surface area contributed by atoms with Crippen LogP contribution in [0.2, 0.25) is 0 Å². The molecule has 2 heterocycles. The normalized spacial score (nSPS) is 16.1. The summed E-state index contributed by atoms with van der Waals surface area (Å²) >= 11 is 0. The fourth-order valence-electron chi connectivity index (χ4n) is 2.71. The Bertz CT molecular complexity index is 705. The lowest BCUT2D eigenvalue weighted by molar-refractivity contribution is -0.133. The Morgan fingerprint density at radius 1 is 1.24 bits per heavy atom. The van der Waals surface area contributed by atoms with E-state index in [1.54, 1.807) is 6.07 Å². The van der Waals surface area contributed by atoms with Crippen LogP contribution in [0.1, 0.15) is 5.56 Å². The van der Waals surface area contributed by atoms with E-state index in [1.807, 2.05) is 33.9 Å². The topological polar surface area (TPSA) is 52.3 Å². The van der Waals surface area contributed by atoms with Crippen LogP contribution >= 0.6 is 0 Å². The minimum Gasteiger partial charge on any atom is -0.339 e. The molecule has 0 atom stereocenters. The maximum absolute atomic E-state index is 12.4. The molecule has 0 N–H and O–H groups in total. The quantitative estimate of drug-likeness (QED) is 0.834. The van der Waals surface area contributed by atoms with Crippen LogP contribution in [0.3, 0.4) is 0 Å². The van der Waals surface area contributed by atoms with Crippen LogP contribution in [0, 0.1) is 11.3 Å². The van der Waals surface area contributed by atoms with Crippen molar-refractivity contribution in [2.45, 2.75) is 6.54 Å². The van der Waals surface area contributed by atoms with Crippen LogP contribution in [-0.2, 0) is 11.3 Å². The van der Waals surface area contributed by atoms with Gasteiger partial charge in [-0.15, -0.1) is 0 Å². The van der Waals surface area contributed by atoms with Crippen LogP contribution in [0.25, 0.3) is 10.9 Å². The largest absolute Gasteiger partial charge is 0.339 e. The van der Waals surface area contributed by atoms with Gasteiger partial charge < -0.3 is 14.4 Å². The number of piperazine rings is 1. The fourth-order valence-corrected chi connectivity index (χ4v) is 2.71. The van der Waals surface area contributed by atoms with Crippen LogP contribution < -0.4 is 0 Å². The molecule has 1 aromatic carbocycles. The second-order valence-electron chi connectivity index (χ2n) is 5.51. The first kappa shape index (κ1) is 13.7. The number of rotatable bonds is 2. The molecule has 1 aliphatic rings. The zero-order chi connectivity index (χ0) is 14.8. The van der Waals surface area contributed by atoms with Gasteiger partial charge in [0.1, 0.15) is 6.54 Å². The molecule has 1 aliphatic heterocycles. The molecule has 0 saturated carbocycles. The van der Waals surface area contributed by atoms with Crippen molar-refractivity contribution in [3.63, 3.8) is 0 Å². The average Bonchev–Trinajstić information content (AvgIpc) is 2.90. The number of amides is 1. The van der Waals surface area contributed by atoms with Crippen molar-refractivity contribution in [3.8, 4) is 6.07 Å². The van der Waals surface area contributed by atoms with Crippen molar-refractivity contribution in [1.29, 1.82) is 5.26 Å². The summed E-state index contributed by atoms with van der Waals surface area (Å²) in [6.07, 6.45) is 1.92. The summed E-state index contributed by atoms with van der Waals surface area (Å²) < 4.78 is 1.96. The molecular formula is C16H18N4O. The van der Waals surface area contributed by atoms with Gasteiger partial charge in [0.25, 0.3) is 0 Å². The monoisotopic (exact) mass is 282 g/mol. The van der Waals surface area contributed by atoms with Gasteiger partial charge in [-0.25, -0.2) is 0 Å². The van der Waals surface area contributed by atoms with Gasteiger partial charge in [0.2, 0.25) is 5.91 Å². The van der Waals surface area contributed by atoms with Gasteiger partial charge >= 0.3 is 0 Å². The molecule has 0 aliphatic carbocycles. The number of nitriles is 1. The molecule has 1 saturated heterocycles. The van der Waals surface area contributed by atoms with Crippen molar-refractivity contribution < 1.29 is 4.79 Å². The van der Waals surface area contributed by atoms with E-state index in [-0.39, 0.29) is 5.91 Å². The summed E-state index contributed by atoms with van der Waals surface area (Å²) in [5, 5.41) is 9.92. The Morgan fingerprint density at radius 2 is 2.00 bits per heavy atom. The fraction of sp³-hybridized carbons (Fsp3) is 0.375. The zero-order valence-corrected chi connectivity index (χ0v) is 12.1. The third-order valence-electron chi connectivity index (χ3n) is 4.06. The van der Waals surface area contributed by atoms with E-state index in [0.717, 1.165) is 37.1 Å². The first-order valence-electron chi connectivity index (χ1n) is 7.13. The van der Waals surface area contributed by atoms with Crippen LogP contribution in [-0.4, -0.2) is 53.5 Å². The molecule has 21 heavy (non-hydrogen) atoms. The van der Waals surface area contributed by atoms with Crippen molar-refractivity contribution in [2.75, 3.05) is 33.2 Å². The molecule has 5 nitrogen and oxygen atoms in total. The highest BCUT2D eigenvalue weighted by Crippen LogP contribution is 2.17. The first-order chi connectivity index (χ1) is 10.2. The molecule has 1 amide bonds. The molecule has 1 fully saturated rings. The van der Waals surface area contributed by atoms with Gasteiger partial charge in [-0.2, -0.15) is 5.26 Å². The van der Waals surface area contributed by atoms with E-state index in [2.05, 4.69) is 18.0 Å². The molecule has 3 rings (SSSR count). The lowest BCUT2D eigenvalue weighted by Crippen LogP contribution is -2.48. The highest BCUT2D eigenvalue weighted by Gasteiger charge is 2.19. The predicted molar refractivity (Wildman–Crippen MR) is 80.7 cm³/mol. The van der Waals surface area contributed by atoms with Crippen LogP contribution in [0.5, 0.6) is 0 Å². The highest BCUT2D eigenvalue weighted by molar-refractivity contribution is 5.84. The van der Waals surface area contributed by atoms with E-state index in [9.17, 15) is 4.79 Å². The number of carbonyl (C=O) groups excluding carboxylic acids is 1. The van der Waals surface area contributed by atoms with Crippen molar-refractivity contribution in [1.82, 2.24) is 14.4 Å². The smallest absolute Gasteiger partial charge is 0.242 e. The van der Waals surface area contributed by atoms with Crippen LogP contribution in [0.15, 0.2) is 30.5 Å². The second-order valence-corrected chi connectivity index (χ2v) is 5.51. The van der Waals surface area contributed by atoms with Gasteiger partial charge in [0, 0.05) is 43.3 Å². The highest BCUT2D eigenvalue weighted by atomic mass is 16.2. The summed E-state index contributed by atoms with van der Waals surface area (Å²) in [4.78, 5) is 16.5. The van der Waals surface area contributed by atoms with Gasteiger partial charge in [0.05, 0.1) is 11.6 Å². The lowest BCUT2D eigenvalue weighted by atomic mass is 10.2. The number of likely N-dealkylation sites (N-methyl/N-ethyl adjacent to an activating group) is 1. The number of fused-ring (bicyclic) bond motifs is 1. The van der Waals surface area contributed by atoms with E-state index >= 15 is 0 Å². The second kappa shape index (κ2) is 5.58. The third kappa shape index (κ3) is 2.76. The predicted octanol–water partition coefficient (Wildman–Crippen LogP) is 1.29. The van der Waals surface area contributed by atoms with Gasteiger partial charge in [-0.1, -0.05) is 0 Å². The molecule has 0 unspecified atom stereocenters. The summed E-state index contributed by atoms with van der Waals surface area (Å²) in [6, 6.07) is 9.64. The van der Waals surface area contributed by atoms with Gasteiger partial charge in [-0.05, 0) is 31.3 Å². The minimum absolute atomic E-state index is 0.157. The number of hydrogen-bond acceptors (Lipinski definition) is 3. The van der Waals surface area contributed by atoms with Gasteiger partial charge in [-0.3, -0.25) is 4.79 Å². The molecule has 0 bridgehead atoms. The Morgan fingerprint density at radius 3 is 2.71 bits per heavy atom. The lowest BCUT2D eigenvalue weighted by Gasteiger charge is -2.32. The average molecular weight is 282 g/mol. The van der Waals surface area contributed by atoms with Crippen molar-refractivity contribution in [3.05, 3.63) is 36.0 Å². The van der Waals surface area contributed by atoms with Gasteiger partial charge in [0.15, 0.2) is 0 Å². The number of aromatic nitrogens is 1. The maximum Gasteiger partial charge on any atom is 0.242 e. The number of hydrogen-bond donors (Lipinski definition) is 0. The first-order valence-corrected chi connectivity index (χ1v) is 7.13. The zero-order valence-electron chi connectivity index (χ0n) is 12.1. The molecular weight excluding hydrogens is 264 g/mol. The molecule has 2 aromatic rings. The number of carbonyl (C=O) groups is 1. The standard InChI is InChI=1S/C16H18N4O/c1-18-6-8-19(9-7-18)16(21)12-20-5-4-14-10-13(11-17)2-3-15(14)20/h2-5,10H,6-9,12H2,1H3. The van der Waals surface area contributed by atoms with Crippen molar-refractivity contribution in [2.24, 2.45) is 0 Å².